The van der Waals surface area contributed by atoms with Crippen molar-refractivity contribution in [3.63, 3.8) is 0 Å². The van der Waals surface area contributed by atoms with Gasteiger partial charge in [0.1, 0.15) is 13.2 Å². The minimum absolute atomic E-state index is 0.0661. The van der Waals surface area contributed by atoms with Crippen molar-refractivity contribution in [2.24, 2.45) is 11.8 Å². The first-order valence-corrected chi connectivity index (χ1v) is 21.7. The van der Waals surface area contributed by atoms with E-state index in [2.05, 4.69) is 34.6 Å². The Morgan fingerprint density at radius 1 is 0.380 bits per heavy atom. The molecule has 1 atom stereocenters. The molecule has 0 saturated heterocycles. The van der Waals surface area contributed by atoms with Gasteiger partial charge in [-0.2, -0.15) is 0 Å². The first-order valence-electron chi connectivity index (χ1n) is 21.7. The Kier molecular flexibility index (Phi) is 36.0. The lowest BCUT2D eigenvalue weighted by Crippen LogP contribution is -2.30. The zero-order chi connectivity index (χ0) is 36.9. The molecule has 0 rings (SSSR count). The van der Waals surface area contributed by atoms with Crippen molar-refractivity contribution in [1.82, 2.24) is 0 Å². The van der Waals surface area contributed by atoms with Crippen LogP contribution in [0, 0.1) is 11.8 Å². The van der Waals surface area contributed by atoms with Gasteiger partial charge in [0.15, 0.2) is 6.10 Å². The van der Waals surface area contributed by atoms with Crippen LogP contribution in [0.4, 0.5) is 0 Å². The van der Waals surface area contributed by atoms with E-state index in [0.717, 1.165) is 69.6 Å². The van der Waals surface area contributed by atoms with Crippen LogP contribution in [-0.4, -0.2) is 37.2 Å². The topological polar surface area (TPSA) is 78.9 Å². The van der Waals surface area contributed by atoms with Gasteiger partial charge in [-0.3, -0.25) is 14.4 Å². The van der Waals surface area contributed by atoms with Gasteiger partial charge in [0, 0.05) is 19.3 Å². The Hall–Kier alpha value is -1.59. The number of carbonyl (C=O) groups excluding carboxylic acids is 3. The number of ether oxygens (including phenoxy) is 3. The number of carbonyl (C=O) groups is 3. The minimum Gasteiger partial charge on any atom is -0.462 e. The number of unbranched alkanes of at least 4 members (excludes halogenated alkanes) is 23. The summed E-state index contributed by atoms with van der Waals surface area (Å²) in [6.07, 6.45) is 33.9. The van der Waals surface area contributed by atoms with Crippen LogP contribution in [0.1, 0.15) is 234 Å². The maximum Gasteiger partial charge on any atom is 0.306 e. The zero-order valence-corrected chi connectivity index (χ0v) is 34.0. The fourth-order valence-electron chi connectivity index (χ4n) is 6.40. The highest BCUT2D eigenvalue weighted by molar-refractivity contribution is 5.71. The van der Waals surface area contributed by atoms with Crippen molar-refractivity contribution in [1.29, 1.82) is 0 Å². The van der Waals surface area contributed by atoms with Gasteiger partial charge >= 0.3 is 17.9 Å². The van der Waals surface area contributed by atoms with Gasteiger partial charge in [-0.1, -0.05) is 195 Å². The Morgan fingerprint density at radius 3 is 0.980 bits per heavy atom. The van der Waals surface area contributed by atoms with Gasteiger partial charge in [0.25, 0.3) is 0 Å². The molecule has 0 aromatic carbocycles. The number of esters is 3. The predicted molar refractivity (Wildman–Crippen MR) is 210 cm³/mol. The standard InChI is InChI=1S/C44H84O6/c1-6-7-8-9-10-14-18-24-29-34-42(45)48-37-41(38-49-43(46)35-30-25-21-20-23-28-33-40(4)5)50-44(47)36-31-26-19-16-13-11-12-15-17-22-27-32-39(2)3/h39-41H,6-38H2,1-5H3/t41-/m1/s1. The van der Waals surface area contributed by atoms with E-state index in [9.17, 15) is 14.4 Å². The van der Waals surface area contributed by atoms with E-state index < -0.39 is 6.10 Å². The van der Waals surface area contributed by atoms with Crippen molar-refractivity contribution in [2.75, 3.05) is 13.2 Å². The summed E-state index contributed by atoms with van der Waals surface area (Å²) in [5.74, 6) is 0.721. The van der Waals surface area contributed by atoms with E-state index in [1.165, 1.54) is 122 Å². The van der Waals surface area contributed by atoms with Gasteiger partial charge in [-0.25, -0.2) is 0 Å². The summed E-state index contributed by atoms with van der Waals surface area (Å²) < 4.78 is 16.6. The molecule has 0 N–H and O–H groups in total. The van der Waals surface area contributed by atoms with Gasteiger partial charge in [-0.15, -0.1) is 0 Å². The molecular formula is C44H84O6. The van der Waals surface area contributed by atoms with Crippen molar-refractivity contribution in [2.45, 2.75) is 240 Å². The Morgan fingerprint density at radius 2 is 0.660 bits per heavy atom. The minimum atomic E-state index is -0.759. The fourth-order valence-corrected chi connectivity index (χ4v) is 6.40. The molecule has 0 fully saturated rings. The fraction of sp³-hybridized carbons (Fsp3) is 0.932. The lowest BCUT2D eigenvalue weighted by atomic mass is 10.0. The molecule has 0 spiro atoms. The Labute approximate surface area is 310 Å². The quantitative estimate of drug-likeness (QED) is 0.0361. The van der Waals surface area contributed by atoms with E-state index in [0.29, 0.717) is 19.3 Å². The predicted octanol–water partition coefficient (Wildman–Crippen LogP) is 13.4. The second-order valence-corrected chi connectivity index (χ2v) is 15.9. The van der Waals surface area contributed by atoms with Gasteiger partial charge in [0.05, 0.1) is 0 Å². The highest BCUT2D eigenvalue weighted by Crippen LogP contribution is 2.16. The van der Waals surface area contributed by atoms with Crippen LogP contribution in [0.3, 0.4) is 0 Å². The summed E-state index contributed by atoms with van der Waals surface area (Å²) >= 11 is 0. The summed E-state index contributed by atoms with van der Waals surface area (Å²) in [7, 11) is 0. The average molecular weight is 709 g/mol. The van der Waals surface area contributed by atoms with E-state index in [4.69, 9.17) is 14.2 Å². The van der Waals surface area contributed by atoms with E-state index in [1.54, 1.807) is 0 Å². The highest BCUT2D eigenvalue weighted by atomic mass is 16.6. The molecule has 0 saturated carbocycles. The summed E-state index contributed by atoms with van der Waals surface area (Å²) in [6, 6.07) is 0. The molecule has 0 amide bonds. The van der Waals surface area contributed by atoms with Crippen molar-refractivity contribution < 1.29 is 28.6 Å². The van der Waals surface area contributed by atoms with Crippen LogP contribution < -0.4 is 0 Å². The summed E-state index contributed by atoms with van der Waals surface area (Å²) in [4.78, 5) is 37.5. The monoisotopic (exact) mass is 709 g/mol. The normalized spacial score (nSPS) is 12.1. The van der Waals surface area contributed by atoms with Crippen LogP contribution in [0.5, 0.6) is 0 Å². The maximum atomic E-state index is 12.7. The lowest BCUT2D eigenvalue weighted by Gasteiger charge is -2.18. The van der Waals surface area contributed by atoms with Crippen LogP contribution >= 0.6 is 0 Å². The third kappa shape index (κ3) is 37.7. The molecule has 0 aromatic heterocycles. The molecule has 0 unspecified atom stereocenters. The summed E-state index contributed by atoms with van der Waals surface area (Å²) in [5, 5.41) is 0. The molecule has 0 aliphatic rings. The number of hydrogen-bond donors (Lipinski definition) is 0. The Balaban J connectivity index is 4.32. The summed E-state index contributed by atoms with van der Waals surface area (Å²) in [6.45, 7) is 11.2. The summed E-state index contributed by atoms with van der Waals surface area (Å²) in [5.41, 5.74) is 0. The van der Waals surface area contributed by atoms with Gasteiger partial charge in [-0.05, 0) is 31.1 Å². The first-order chi connectivity index (χ1) is 24.2. The average Bonchev–Trinajstić information content (AvgIpc) is 3.08. The number of rotatable bonds is 38. The van der Waals surface area contributed by atoms with Crippen LogP contribution in [0.2, 0.25) is 0 Å². The van der Waals surface area contributed by atoms with Gasteiger partial charge < -0.3 is 14.2 Å². The van der Waals surface area contributed by atoms with Crippen LogP contribution in [0.25, 0.3) is 0 Å². The second-order valence-electron chi connectivity index (χ2n) is 15.9. The van der Waals surface area contributed by atoms with Crippen LogP contribution in [-0.2, 0) is 28.6 Å². The van der Waals surface area contributed by atoms with Crippen molar-refractivity contribution in [3.8, 4) is 0 Å². The second kappa shape index (κ2) is 37.2. The Bertz CT molecular complexity index is 764. The largest absolute Gasteiger partial charge is 0.462 e. The molecule has 0 aliphatic heterocycles. The molecule has 6 nitrogen and oxygen atoms in total. The molecular weight excluding hydrogens is 624 g/mol. The van der Waals surface area contributed by atoms with Gasteiger partial charge in [0.2, 0.25) is 0 Å². The molecule has 0 aromatic rings. The number of hydrogen-bond acceptors (Lipinski definition) is 6. The van der Waals surface area contributed by atoms with Crippen LogP contribution in [0.15, 0.2) is 0 Å². The molecule has 0 bridgehead atoms. The van der Waals surface area contributed by atoms with E-state index in [1.807, 2.05) is 0 Å². The molecule has 0 aliphatic carbocycles. The molecule has 0 heterocycles. The maximum absolute atomic E-state index is 12.7. The zero-order valence-electron chi connectivity index (χ0n) is 34.0. The molecule has 296 valence electrons. The van der Waals surface area contributed by atoms with Crippen molar-refractivity contribution in [3.05, 3.63) is 0 Å². The van der Waals surface area contributed by atoms with E-state index in [-0.39, 0.29) is 31.1 Å². The third-order valence-electron chi connectivity index (χ3n) is 9.72. The molecule has 0 radical (unpaired) electrons. The first kappa shape index (κ1) is 48.4. The smallest absolute Gasteiger partial charge is 0.306 e. The third-order valence-corrected chi connectivity index (χ3v) is 9.72. The highest BCUT2D eigenvalue weighted by Gasteiger charge is 2.19. The molecule has 6 heteroatoms. The van der Waals surface area contributed by atoms with Crippen molar-refractivity contribution >= 4 is 17.9 Å². The molecule has 50 heavy (non-hydrogen) atoms. The SMILES string of the molecule is CCCCCCCCCCCC(=O)OC[C@H](COC(=O)CCCCCCCCC(C)C)OC(=O)CCCCCCCCCCCCCC(C)C. The lowest BCUT2D eigenvalue weighted by molar-refractivity contribution is -0.167. The van der Waals surface area contributed by atoms with E-state index >= 15 is 0 Å².